The Morgan fingerprint density at radius 2 is 1.65 bits per heavy atom. The first kappa shape index (κ1) is 16.1. The molecule has 2 aromatic rings. The van der Waals surface area contributed by atoms with Crippen molar-refractivity contribution in [2.45, 2.75) is 13.8 Å². The van der Waals surface area contributed by atoms with Gasteiger partial charge in [-0.1, -0.05) is 12.1 Å². The van der Waals surface area contributed by atoms with Gasteiger partial charge in [-0.2, -0.15) is 10.5 Å². The third-order valence-electron chi connectivity index (χ3n) is 3.75. The minimum atomic E-state index is -0.591. The van der Waals surface area contributed by atoms with Gasteiger partial charge in [-0.3, -0.25) is 4.79 Å². The van der Waals surface area contributed by atoms with Crippen molar-refractivity contribution in [3.05, 3.63) is 45.7 Å². The molecule has 1 aromatic carbocycles. The number of aromatic amines is 1. The third-order valence-corrected chi connectivity index (χ3v) is 3.75. The maximum atomic E-state index is 11.9. The smallest absolute Gasteiger partial charge is 0.268 e. The molecule has 116 valence electrons. The molecule has 0 saturated carbocycles. The van der Waals surface area contributed by atoms with Crippen LogP contribution in [-0.2, 0) is 0 Å². The highest BCUT2D eigenvalue weighted by molar-refractivity contribution is 5.80. The molecule has 23 heavy (non-hydrogen) atoms. The molecular formula is C17H17N5O. The summed E-state index contributed by atoms with van der Waals surface area (Å²) in [5.74, 6) is -0.0284. The number of pyridine rings is 1. The number of nitrogens with two attached hydrogens (primary N) is 1. The van der Waals surface area contributed by atoms with E-state index in [1.807, 2.05) is 24.3 Å². The standard InChI is InChI=1S/C17H17N5O/c1-3-22(4-2)12-7-5-11(6-8-12)15-13(9-18)16(20)21-17(23)14(15)10-19/h5-8H,3-4H2,1-2H3,(H3,20,21,23). The zero-order valence-electron chi connectivity index (χ0n) is 13.1. The summed E-state index contributed by atoms with van der Waals surface area (Å²) < 4.78 is 0. The number of aromatic nitrogens is 1. The molecule has 0 spiro atoms. The fraction of sp³-hybridized carbons (Fsp3) is 0.235. The number of nitriles is 2. The summed E-state index contributed by atoms with van der Waals surface area (Å²) in [6.45, 7) is 5.88. The summed E-state index contributed by atoms with van der Waals surface area (Å²) in [6.07, 6.45) is 0. The van der Waals surface area contributed by atoms with Crippen LogP contribution in [0.3, 0.4) is 0 Å². The van der Waals surface area contributed by atoms with E-state index in [1.54, 1.807) is 12.1 Å². The molecule has 2 rings (SSSR count). The summed E-state index contributed by atoms with van der Waals surface area (Å²) >= 11 is 0. The number of anilines is 2. The van der Waals surface area contributed by atoms with Crippen LogP contribution in [0.4, 0.5) is 11.5 Å². The van der Waals surface area contributed by atoms with E-state index in [9.17, 15) is 15.3 Å². The second-order valence-electron chi connectivity index (χ2n) is 4.94. The number of H-pyrrole nitrogens is 1. The van der Waals surface area contributed by atoms with E-state index in [2.05, 4.69) is 23.7 Å². The molecule has 0 atom stereocenters. The second-order valence-corrected chi connectivity index (χ2v) is 4.94. The number of rotatable bonds is 4. The number of hydrogen-bond acceptors (Lipinski definition) is 5. The first-order valence-electron chi connectivity index (χ1n) is 7.28. The van der Waals surface area contributed by atoms with E-state index in [0.717, 1.165) is 18.8 Å². The van der Waals surface area contributed by atoms with E-state index in [-0.39, 0.29) is 22.5 Å². The van der Waals surface area contributed by atoms with Crippen molar-refractivity contribution < 1.29 is 0 Å². The van der Waals surface area contributed by atoms with Gasteiger partial charge in [-0.25, -0.2) is 0 Å². The Labute approximate surface area is 134 Å². The van der Waals surface area contributed by atoms with Gasteiger partial charge < -0.3 is 15.6 Å². The predicted octanol–water partition coefficient (Wildman–Crippen LogP) is 2.21. The Balaban J connectivity index is 2.66. The molecule has 0 radical (unpaired) electrons. The number of benzene rings is 1. The van der Waals surface area contributed by atoms with Crippen LogP contribution in [0.25, 0.3) is 11.1 Å². The molecule has 6 nitrogen and oxygen atoms in total. The number of hydrogen-bond donors (Lipinski definition) is 2. The van der Waals surface area contributed by atoms with Gasteiger partial charge in [-0.15, -0.1) is 0 Å². The van der Waals surface area contributed by atoms with Crippen LogP contribution < -0.4 is 16.2 Å². The number of nitrogens with zero attached hydrogens (tertiary/aromatic N) is 3. The van der Waals surface area contributed by atoms with Gasteiger partial charge in [0.15, 0.2) is 0 Å². The normalized spacial score (nSPS) is 9.91. The molecule has 0 aliphatic carbocycles. The minimum absolute atomic E-state index is 0.0284. The first-order chi connectivity index (χ1) is 11.1. The molecule has 3 N–H and O–H groups in total. The van der Waals surface area contributed by atoms with E-state index >= 15 is 0 Å². The lowest BCUT2D eigenvalue weighted by molar-refractivity contribution is 0.866. The van der Waals surface area contributed by atoms with Crippen molar-refractivity contribution in [3.63, 3.8) is 0 Å². The van der Waals surface area contributed by atoms with Crippen LogP contribution in [0.15, 0.2) is 29.1 Å². The largest absolute Gasteiger partial charge is 0.384 e. The summed E-state index contributed by atoms with van der Waals surface area (Å²) in [7, 11) is 0. The molecule has 0 amide bonds. The zero-order chi connectivity index (χ0) is 17.0. The summed E-state index contributed by atoms with van der Waals surface area (Å²) in [4.78, 5) is 16.4. The second kappa shape index (κ2) is 6.67. The lowest BCUT2D eigenvalue weighted by atomic mass is 9.96. The highest BCUT2D eigenvalue weighted by Crippen LogP contribution is 2.29. The zero-order valence-corrected chi connectivity index (χ0v) is 13.1. The molecule has 0 aliphatic heterocycles. The minimum Gasteiger partial charge on any atom is -0.384 e. The van der Waals surface area contributed by atoms with Crippen LogP contribution in [0.5, 0.6) is 0 Å². The fourth-order valence-electron chi connectivity index (χ4n) is 2.56. The SMILES string of the molecule is CCN(CC)c1ccc(-c2c(C#N)c(N)[nH]c(=O)c2C#N)cc1. The van der Waals surface area contributed by atoms with E-state index < -0.39 is 5.56 Å². The van der Waals surface area contributed by atoms with Crippen molar-refractivity contribution in [3.8, 4) is 23.3 Å². The van der Waals surface area contributed by atoms with Crippen molar-refractivity contribution in [2.24, 2.45) is 0 Å². The van der Waals surface area contributed by atoms with Gasteiger partial charge in [0.1, 0.15) is 29.1 Å². The molecule has 0 unspecified atom stereocenters. The maximum Gasteiger partial charge on any atom is 0.268 e. The Hall–Kier alpha value is -3.25. The average molecular weight is 307 g/mol. The van der Waals surface area contributed by atoms with Gasteiger partial charge in [0.2, 0.25) is 0 Å². The predicted molar refractivity (Wildman–Crippen MR) is 89.9 cm³/mol. The molecule has 1 aromatic heterocycles. The van der Waals surface area contributed by atoms with Gasteiger partial charge in [0.25, 0.3) is 5.56 Å². The fourth-order valence-corrected chi connectivity index (χ4v) is 2.56. The first-order valence-corrected chi connectivity index (χ1v) is 7.28. The van der Waals surface area contributed by atoms with E-state index in [0.29, 0.717) is 5.56 Å². The lowest BCUT2D eigenvalue weighted by Gasteiger charge is -2.21. The summed E-state index contributed by atoms with van der Waals surface area (Å²) in [5, 5.41) is 18.6. The van der Waals surface area contributed by atoms with Gasteiger partial charge in [0.05, 0.1) is 0 Å². The van der Waals surface area contributed by atoms with Crippen LogP contribution in [0.2, 0.25) is 0 Å². The average Bonchev–Trinajstić information content (AvgIpc) is 2.56. The van der Waals surface area contributed by atoms with E-state index in [4.69, 9.17) is 5.73 Å². The third kappa shape index (κ3) is 2.88. The van der Waals surface area contributed by atoms with Crippen LogP contribution >= 0.6 is 0 Å². The Morgan fingerprint density at radius 3 is 2.13 bits per heavy atom. The monoisotopic (exact) mass is 307 g/mol. The molecule has 6 heteroatoms. The molecular weight excluding hydrogens is 290 g/mol. The van der Waals surface area contributed by atoms with Crippen LogP contribution in [-0.4, -0.2) is 18.1 Å². The molecule has 0 aliphatic rings. The Bertz CT molecular complexity index is 849. The maximum absolute atomic E-state index is 11.9. The van der Waals surface area contributed by atoms with Crippen molar-refractivity contribution in [1.29, 1.82) is 10.5 Å². The van der Waals surface area contributed by atoms with Gasteiger partial charge in [0, 0.05) is 24.3 Å². The lowest BCUT2D eigenvalue weighted by Crippen LogP contribution is -2.21. The molecule has 0 bridgehead atoms. The van der Waals surface area contributed by atoms with E-state index in [1.165, 1.54) is 0 Å². The summed E-state index contributed by atoms with van der Waals surface area (Å²) in [5.41, 5.74) is 7.06. The highest BCUT2D eigenvalue weighted by atomic mass is 16.1. The quantitative estimate of drug-likeness (QED) is 0.900. The van der Waals surface area contributed by atoms with Crippen molar-refractivity contribution in [1.82, 2.24) is 4.98 Å². The van der Waals surface area contributed by atoms with Crippen molar-refractivity contribution in [2.75, 3.05) is 23.7 Å². The molecule has 0 saturated heterocycles. The van der Waals surface area contributed by atoms with Crippen LogP contribution in [0.1, 0.15) is 25.0 Å². The Kier molecular flexibility index (Phi) is 4.68. The molecule has 1 heterocycles. The topological polar surface area (TPSA) is 110 Å². The molecule has 0 fully saturated rings. The highest BCUT2D eigenvalue weighted by Gasteiger charge is 2.18. The van der Waals surface area contributed by atoms with Crippen molar-refractivity contribution >= 4 is 11.5 Å². The number of nitrogens with one attached hydrogen (secondary N) is 1. The Morgan fingerprint density at radius 1 is 1.09 bits per heavy atom. The van der Waals surface area contributed by atoms with Gasteiger partial charge >= 0.3 is 0 Å². The summed E-state index contributed by atoms with van der Waals surface area (Å²) in [6, 6.07) is 11.2. The number of nitrogen functional groups attached to an aromatic ring is 1. The van der Waals surface area contributed by atoms with Crippen LogP contribution in [0, 0.1) is 22.7 Å². The van der Waals surface area contributed by atoms with Gasteiger partial charge in [-0.05, 0) is 31.5 Å².